The average molecular weight is 317 g/mol. The van der Waals surface area contributed by atoms with Crippen molar-refractivity contribution in [3.8, 4) is 5.75 Å². The Morgan fingerprint density at radius 1 is 0.947 bits per heavy atom. The largest absolute Gasteiger partial charge is 0.508 e. The van der Waals surface area contributed by atoms with Crippen LogP contribution in [-0.4, -0.2) is 5.11 Å². The summed E-state index contributed by atoms with van der Waals surface area (Å²) < 4.78 is 0. The number of hydrogen-bond donors (Lipinski definition) is 2. The van der Waals surface area contributed by atoms with Crippen LogP contribution in [-0.2, 0) is 0 Å². The van der Waals surface area contributed by atoms with E-state index >= 15 is 0 Å². The van der Waals surface area contributed by atoms with Gasteiger partial charge in [0.1, 0.15) is 5.75 Å². The molecule has 0 aliphatic heterocycles. The molecule has 0 amide bonds. The van der Waals surface area contributed by atoms with Gasteiger partial charge in [-0.25, -0.2) is 0 Å². The van der Waals surface area contributed by atoms with Gasteiger partial charge < -0.3 is 10.4 Å². The number of aromatic hydroxyl groups is 1. The Morgan fingerprint density at radius 3 is 2.16 bits per heavy atom. The third kappa shape index (κ3) is 3.47. The molecule has 0 heterocycles. The Morgan fingerprint density at radius 2 is 1.53 bits per heavy atom. The second-order valence-electron chi connectivity index (χ2n) is 4.20. The first-order chi connectivity index (χ1) is 8.97. The van der Waals surface area contributed by atoms with Crippen LogP contribution in [0.1, 0.15) is 18.5 Å². The van der Waals surface area contributed by atoms with Crippen LogP contribution in [0.15, 0.2) is 36.4 Å². The van der Waals surface area contributed by atoms with E-state index in [-0.39, 0.29) is 11.8 Å². The number of phenols is 1. The van der Waals surface area contributed by atoms with Gasteiger partial charge in [-0.05, 0) is 36.8 Å². The monoisotopic (exact) mass is 315 g/mol. The molecule has 0 aromatic heterocycles. The van der Waals surface area contributed by atoms with Crippen LogP contribution >= 0.6 is 34.8 Å². The van der Waals surface area contributed by atoms with Gasteiger partial charge in [0.25, 0.3) is 0 Å². The summed E-state index contributed by atoms with van der Waals surface area (Å²) in [4.78, 5) is 0. The predicted octanol–water partition coefficient (Wildman–Crippen LogP) is 5.53. The van der Waals surface area contributed by atoms with Crippen LogP contribution < -0.4 is 5.32 Å². The zero-order valence-corrected chi connectivity index (χ0v) is 12.4. The first-order valence-electron chi connectivity index (χ1n) is 5.67. The SMILES string of the molecule is CC(Nc1cc(Cl)c(Cl)cc1Cl)c1ccc(O)cc1. The van der Waals surface area contributed by atoms with Gasteiger partial charge in [0, 0.05) is 6.04 Å². The molecule has 0 radical (unpaired) electrons. The van der Waals surface area contributed by atoms with Gasteiger partial charge in [-0.3, -0.25) is 0 Å². The Kier molecular flexibility index (Phi) is 4.46. The normalized spacial score (nSPS) is 12.2. The van der Waals surface area contributed by atoms with Gasteiger partial charge in [-0.15, -0.1) is 0 Å². The van der Waals surface area contributed by atoms with Crippen LogP contribution in [0, 0.1) is 0 Å². The molecule has 0 spiro atoms. The second kappa shape index (κ2) is 5.91. The number of anilines is 1. The maximum Gasteiger partial charge on any atom is 0.115 e. The van der Waals surface area contributed by atoms with Crippen molar-refractivity contribution in [2.45, 2.75) is 13.0 Å². The molecule has 0 aliphatic rings. The lowest BCUT2D eigenvalue weighted by Gasteiger charge is -2.17. The second-order valence-corrected chi connectivity index (χ2v) is 5.43. The Hall–Kier alpha value is -1.09. The quantitative estimate of drug-likeness (QED) is 0.730. The lowest BCUT2D eigenvalue weighted by atomic mass is 10.1. The van der Waals surface area contributed by atoms with E-state index in [4.69, 9.17) is 34.8 Å². The molecule has 5 heteroatoms. The number of benzene rings is 2. The van der Waals surface area contributed by atoms with Crippen LogP contribution in [0.2, 0.25) is 15.1 Å². The van der Waals surface area contributed by atoms with Gasteiger partial charge in [0.05, 0.1) is 20.8 Å². The van der Waals surface area contributed by atoms with Crippen LogP contribution in [0.3, 0.4) is 0 Å². The third-order valence-corrected chi connectivity index (χ3v) is 3.81. The number of nitrogens with one attached hydrogen (secondary N) is 1. The van der Waals surface area contributed by atoms with E-state index < -0.39 is 0 Å². The van der Waals surface area contributed by atoms with E-state index in [1.807, 2.05) is 19.1 Å². The summed E-state index contributed by atoms with van der Waals surface area (Å²) in [6.07, 6.45) is 0. The number of hydrogen-bond acceptors (Lipinski definition) is 2. The van der Waals surface area contributed by atoms with Gasteiger partial charge in [0.15, 0.2) is 0 Å². The summed E-state index contributed by atoms with van der Waals surface area (Å²) in [5.41, 5.74) is 1.75. The van der Waals surface area contributed by atoms with E-state index in [2.05, 4.69) is 5.32 Å². The van der Waals surface area contributed by atoms with E-state index in [1.165, 1.54) is 0 Å². The smallest absolute Gasteiger partial charge is 0.115 e. The molecule has 1 unspecified atom stereocenters. The van der Waals surface area contributed by atoms with Crippen LogP contribution in [0.5, 0.6) is 5.75 Å². The van der Waals surface area contributed by atoms with Crippen molar-refractivity contribution in [3.63, 3.8) is 0 Å². The van der Waals surface area contributed by atoms with Gasteiger partial charge >= 0.3 is 0 Å². The lowest BCUT2D eigenvalue weighted by molar-refractivity contribution is 0.475. The minimum absolute atomic E-state index is 0.0235. The zero-order valence-electron chi connectivity index (χ0n) is 10.1. The maximum absolute atomic E-state index is 9.27. The lowest BCUT2D eigenvalue weighted by Crippen LogP contribution is -2.06. The molecule has 100 valence electrons. The highest BCUT2D eigenvalue weighted by molar-refractivity contribution is 6.44. The standard InChI is InChI=1S/C14H12Cl3NO/c1-8(9-2-4-10(19)5-3-9)18-14-7-12(16)11(15)6-13(14)17/h2-8,18-19H,1H3. The third-order valence-electron chi connectivity index (χ3n) is 2.78. The van der Waals surface area contributed by atoms with Crippen molar-refractivity contribution in [1.29, 1.82) is 0 Å². The average Bonchev–Trinajstić information content (AvgIpc) is 2.36. The molecule has 0 saturated heterocycles. The molecule has 0 aliphatic carbocycles. The van der Waals surface area contributed by atoms with Crippen molar-refractivity contribution < 1.29 is 5.11 Å². The van der Waals surface area contributed by atoms with Gasteiger partial charge in [0.2, 0.25) is 0 Å². The molecular formula is C14H12Cl3NO. The minimum Gasteiger partial charge on any atom is -0.508 e. The summed E-state index contributed by atoms with van der Waals surface area (Å²) in [6.45, 7) is 1.99. The summed E-state index contributed by atoms with van der Waals surface area (Å²) in [7, 11) is 0. The summed E-state index contributed by atoms with van der Waals surface area (Å²) >= 11 is 18.0. The Bertz CT molecular complexity index is 584. The van der Waals surface area contributed by atoms with Crippen molar-refractivity contribution >= 4 is 40.5 Å². The molecule has 1 atom stereocenters. The first kappa shape index (κ1) is 14.3. The van der Waals surface area contributed by atoms with Crippen molar-refractivity contribution in [2.24, 2.45) is 0 Å². The fraction of sp³-hybridized carbons (Fsp3) is 0.143. The first-order valence-corrected chi connectivity index (χ1v) is 6.81. The molecular weight excluding hydrogens is 305 g/mol. The van der Waals surface area contributed by atoms with Crippen molar-refractivity contribution in [2.75, 3.05) is 5.32 Å². The molecule has 2 nitrogen and oxygen atoms in total. The number of rotatable bonds is 3. The molecule has 0 fully saturated rings. The van der Waals surface area contributed by atoms with Crippen LogP contribution in [0.4, 0.5) is 5.69 Å². The highest BCUT2D eigenvalue weighted by Gasteiger charge is 2.10. The fourth-order valence-corrected chi connectivity index (χ4v) is 2.31. The van der Waals surface area contributed by atoms with Crippen molar-refractivity contribution in [1.82, 2.24) is 0 Å². The molecule has 2 aromatic carbocycles. The van der Waals surface area contributed by atoms with Gasteiger partial charge in [-0.2, -0.15) is 0 Å². The summed E-state index contributed by atoms with van der Waals surface area (Å²) in [6, 6.07) is 10.3. The highest BCUT2D eigenvalue weighted by Crippen LogP contribution is 2.34. The molecule has 0 saturated carbocycles. The number of phenolic OH excluding ortho intramolecular Hbond substituents is 1. The molecule has 2 rings (SSSR count). The van der Waals surface area contributed by atoms with Crippen molar-refractivity contribution in [3.05, 3.63) is 57.0 Å². The molecule has 2 N–H and O–H groups in total. The highest BCUT2D eigenvalue weighted by atomic mass is 35.5. The molecule has 0 bridgehead atoms. The van der Waals surface area contributed by atoms with E-state index in [9.17, 15) is 5.11 Å². The Balaban J connectivity index is 2.21. The Labute approximate surface area is 126 Å². The fourth-order valence-electron chi connectivity index (χ4n) is 1.71. The van der Waals surface area contributed by atoms with Crippen LogP contribution in [0.25, 0.3) is 0 Å². The molecule has 2 aromatic rings. The van der Waals surface area contributed by atoms with Gasteiger partial charge in [-0.1, -0.05) is 46.9 Å². The number of halogens is 3. The topological polar surface area (TPSA) is 32.3 Å². The zero-order chi connectivity index (χ0) is 14.0. The van der Waals surface area contributed by atoms with E-state index in [1.54, 1.807) is 24.3 Å². The predicted molar refractivity (Wildman–Crippen MR) is 81.6 cm³/mol. The molecule has 19 heavy (non-hydrogen) atoms. The summed E-state index contributed by atoms with van der Waals surface area (Å²) in [5, 5.41) is 13.9. The summed E-state index contributed by atoms with van der Waals surface area (Å²) in [5.74, 6) is 0.239. The van der Waals surface area contributed by atoms with E-state index in [0.29, 0.717) is 15.1 Å². The van der Waals surface area contributed by atoms with E-state index in [0.717, 1.165) is 11.3 Å². The minimum atomic E-state index is 0.0235. The maximum atomic E-state index is 9.27.